The van der Waals surface area contributed by atoms with Crippen molar-refractivity contribution in [1.29, 1.82) is 0 Å². The Kier molecular flexibility index (Phi) is 5.77. The number of rotatable bonds is 5. The number of carbonyl (C=O) groups excluding carboxylic acids is 1. The third-order valence-electron chi connectivity index (χ3n) is 4.60. The molecule has 0 aliphatic rings. The zero-order valence-electron chi connectivity index (χ0n) is 16.0. The van der Waals surface area contributed by atoms with Crippen LogP contribution >= 0.6 is 11.6 Å². The van der Waals surface area contributed by atoms with Crippen molar-refractivity contribution in [1.82, 2.24) is 14.9 Å². The van der Waals surface area contributed by atoms with Crippen LogP contribution < -0.4 is 10.9 Å². The lowest BCUT2D eigenvalue weighted by molar-refractivity contribution is 0.205. The second-order valence-corrected chi connectivity index (χ2v) is 7.24. The number of benzene rings is 3. The molecule has 0 unspecified atom stereocenters. The number of anilines is 1. The first-order valence-electron chi connectivity index (χ1n) is 9.42. The Bertz CT molecular complexity index is 1220. The summed E-state index contributed by atoms with van der Waals surface area (Å²) in [6.45, 7) is 0.466. The minimum absolute atomic E-state index is 0.140. The topological polar surface area (TPSA) is 78.1 Å². The van der Waals surface area contributed by atoms with E-state index < -0.39 is 0 Å². The molecule has 2 amide bonds. The number of hydrogen-bond donors (Lipinski definition) is 2. The summed E-state index contributed by atoms with van der Waals surface area (Å²) in [6.07, 6.45) is 0. The van der Waals surface area contributed by atoms with Crippen molar-refractivity contribution < 1.29 is 4.79 Å². The average Bonchev–Trinajstić information content (AvgIpc) is 2.75. The summed E-state index contributed by atoms with van der Waals surface area (Å²) < 4.78 is 0. The Hall–Kier alpha value is -3.64. The number of nitrogens with one attached hydrogen (secondary N) is 2. The third-order valence-corrected chi connectivity index (χ3v) is 4.85. The number of nitrogens with zero attached hydrogens (tertiary/aromatic N) is 2. The molecule has 4 aromatic rings. The number of H-pyrrole nitrogens is 1. The van der Waals surface area contributed by atoms with Crippen LogP contribution in [-0.4, -0.2) is 20.9 Å². The minimum Gasteiger partial charge on any atom is -0.313 e. The maximum absolute atomic E-state index is 13.0. The molecule has 1 heterocycles. The molecule has 150 valence electrons. The maximum Gasteiger partial charge on any atom is 0.322 e. The summed E-state index contributed by atoms with van der Waals surface area (Å²) in [6, 6.07) is 23.3. The first-order valence-corrected chi connectivity index (χ1v) is 9.79. The molecule has 0 atom stereocenters. The summed E-state index contributed by atoms with van der Waals surface area (Å²) in [7, 11) is 0. The molecule has 0 bridgehead atoms. The van der Waals surface area contributed by atoms with Crippen LogP contribution in [0.25, 0.3) is 10.9 Å². The number of aromatic nitrogens is 2. The molecule has 2 N–H and O–H groups in total. The van der Waals surface area contributed by atoms with Gasteiger partial charge in [-0.2, -0.15) is 0 Å². The molecular weight excluding hydrogens is 400 g/mol. The molecule has 0 aliphatic heterocycles. The van der Waals surface area contributed by atoms with Crippen LogP contribution in [0.1, 0.15) is 11.4 Å². The number of hydrogen-bond acceptors (Lipinski definition) is 3. The monoisotopic (exact) mass is 418 g/mol. The van der Waals surface area contributed by atoms with Crippen molar-refractivity contribution in [2.75, 3.05) is 5.32 Å². The molecule has 0 aliphatic carbocycles. The van der Waals surface area contributed by atoms with Crippen molar-refractivity contribution in [3.63, 3.8) is 0 Å². The summed E-state index contributed by atoms with van der Waals surface area (Å²) in [5.74, 6) is 0.413. The zero-order valence-corrected chi connectivity index (χ0v) is 16.8. The van der Waals surface area contributed by atoms with E-state index in [0.717, 1.165) is 5.56 Å². The van der Waals surface area contributed by atoms with Gasteiger partial charge in [0, 0.05) is 17.3 Å². The first-order chi connectivity index (χ1) is 14.6. The summed E-state index contributed by atoms with van der Waals surface area (Å²) >= 11 is 5.98. The maximum atomic E-state index is 13.0. The van der Waals surface area contributed by atoms with Gasteiger partial charge in [-0.1, -0.05) is 54.1 Å². The van der Waals surface area contributed by atoms with Gasteiger partial charge in [-0.15, -0.1) is 0 Å². The Balaban J connectivity index is 1.63. The standard InChI is InChI=1S/C23H19ClN4O2/c24-17-12-10-16(11-13-17)14-28(23(30)25-18-6-2-1-3-7-18)15-21-26-20-9-5-4-8-19(20)22(29)27-21/h1-13H,14-15H2,(H,25,30)(H,26,27,29). The summed E-state index contributed by atoms with van der Waals surface area (Å²) in [5.41, 5.74) is 1.95. The van der Waals surface area contributed by atoms with Crippen LogP contribution in [-0.2, 0) is 13.1 Å². The van der Waals surface area contributed by atoms with Crippen LogP contribution in [0.5, 0.6) is 0 Å². The smallest absolute Gasteiger partial charge is 0.313 e. The number of halogens is 1. The van der Waals surface area contributed by atoms with Crippen molar-refractivity contribution in [2.45, 2.75) is 13.1 Å². The highest BCUT2D eigenvalue weighted by Gasteiger charge is 2.17. The van der Waals surface area contributed by atoms with Gasteiger partial charge in [0.25, 0.3) is 5.56 Å². The molecular formula is C23H19ClN4O2. The fourth-order valence-corrected chi connectivity index (χ4v) is 3.25. The van der Waals surface area contributed by atoms with E-state index in [-0.39, 0.29) is 18.1 Å². The van der Waals surface area contributed by atoms with Crippen molar-refractivity contribution >= 4 is 34.2 Å². The first kappa shape index (κ1) is 19.7. The van der Waals surface area contributed by atoms with Crippen LogP contribution in [0.15, 0.2) is 83.7 Å². The van der Waals surface area contributed by atoms with E-state index in [2.05, 4.69) is 15.3 Å². The lowest BCUT2D eigenvalue weighted by Gasteiger charge is -2.23. The van der Waals surface area contributed by atoms with E-state index in [9.17, 15) is 9.59 Å². The molecule has 0 radical (unpaired) electrons. The predicted molar refractivity (Wildman–Crippen MR) is 119 cm³/mol. The van der Waals surface area contributed by atoms with E-state index in [4.69, 9.17) is 11.6 Å². The normalized spacial score (nSPS) is 10.7. The largest absolute Gasteiger partial charge is 0.322 e. The van der Waals surface area contributed by atoms with Crippen molar-refractivity contribution in [2.24, 2.45) is 0 Å². The van der Waals surface area contributed by atoms with E-state index in [1.54, 1.807) is 35.2 Å². The number of urea groups is 1. The quantitative estimate of drug-likeness (QED) is 0.488. The number of carbonyl (C=O) groups is 1. The Labute approximate surface area is 178 Å². The molecule has 7 heteroatoms. The fourth-order valence-electron chi connectivity index (χ4n) is 3.12. The van der Waals surface area contributed by atoms with E-state index in [0.29, 0.717) is 34.0 Å². The molecule has 4 rings (SSSR count). The van der Waals surface area contributed by atoms with Crippen molar-refractivity contribution in [3.8, 4) is 0 Å². The van der Waals surface area contributed by atoms with Gasteiger partial charge >= 0.3 is 6.03 Å². The van der Waals surface area contributed by atoms with E-state index in [1.165, 1.54) is 0 Å². The van der Waals surface area contributed by atoms with Crippen LogP contribution in [0, 0.1) is 0 Å². The summed E-state index contributed by atoms with van der Waals surface area (Å²) in [4.78, 5) is 34.3. The van der Waals surface area contributed by atoms with Gasteiger partial charge in [0.1, 0.15) is 5.82 Å². The van der Waals surface area contributed by atoms with Gasteiger partial charge in [-0.05, 0) is 42.0 Å². The van der Waals surface area contributed by atoms with Gasteiger partial charge in [-0.25, -0.2) is 9.78 Å². The molecule has 0 saturated heterocycles. The molecule has 6 nitrogen and oxygen atoms in total. The highest BCUT2D eigenvalue weighted by Crippen LogP contribution is 2.15. The Morgan fingerprint density at radius 1 is 0.933 bits per heavy atom. The Morgan fingerprint density at radius 2 is 1.63 bits per heavy atom. The third kappa shape index (κ3) is 4.67. The van der Waals surface area contributed by atoms with E-state index in [1.807, 2.05) is 48.5 Å². The summed E-state index contributed by atoms with van der Waals surface area (Å²) in [5, 5.41) is 4.02. The Morgan fingerprint density at radius 3 is 2.40 bits per heavy atom. The predicted octanol–water partition coefficient (Wildman–Crippen LogP) is 4.81. The van der Waals surface area contributed by atoms with Crippen molar-refractivity contribution in [3.05, 3.63) is 106 Å². The second kappa shape index (κ2) is 8.80. The van der Waals surface area contributed by atoms with Crippen LogP contribution in [0.2, 0.25) is 5.02 Å². The highest BCUT2D eigenvalue weighted by atomic mass is 35.5. The molecule has 3 aromatic carbocycles. The average molecular weight is 419 g/mol. The molecule has 0 fully saturated rings. The van der Waals surface area contributed by atoms with Gasteiger partial charge in [0.05, 0.1) is 17.4 Å². The van der Waals surface area contributed by atoms with Gasteiger partial charge in [-0.3, -0.25) is 4.79 Å². The number of amides is 2. The minimum atomic E-state index is -0.299. The highest BCUT2D eigenvalue weighted by molar-refractivity contribution is 6.30. The lowest BCUT2D eigenvalue weighted by atomic mass is 10.2. The zero-order chi connectivity index (χ0) is 20.9. The molecule has 1 aromatic heterocycles. The van der Waals surface area contributed by atoms with Gasteiger partial charge in [0.2, 0.25) is 0 Å². The fraction of sp³-hybridized carbons (Fsp3) is 0.0870. The number of para-hydroxylation sites is 2. The van der Waals surface area contributed by atoms with E-state index >= 15 is 0 Å². The van der Waals surface area contributed by atoms with Gasteiger partial charge < -0.3 is 15.2 Å². The van der Waals surface area contributed by atoms with Crippen LogP contribution in [0.3, 0.4) is 0 Å². The second-order valence-electron chi connectivity index (χ2n) is 6.81. The number of fused-ring (bicyclic) bond motifs is 1. The molecule has 0 saturated carbocycles. The van der Waals surface area contributed by atoms with Crippen LogP contribution in [0.4, 0.5) is 10.5 Å². The lowest BCUT2D eigenvalue weighted by Crippen LogP contribution is -2.35. The number of aromatic amines is 1. The SMILES string of the molecule is O=C(Nc1ccccc1)N(Cc1ccc(Cl)cc1)Cc1nc2ccccc2c(=O)[nH]1. The molecule has 30 heavy (non-hydrogen) atoms. The molecule has 0 spiro atoms. The van der Waals surface area contributed by atoms with Gasteiger partial charge in [0.15, 0.2) is 0 Å².